The standard InChI is InChI=1S/C22H26O4/c1-23-11-13-25-21-17-5-3-4-6-18(17)22(26-14-12-24-2)20-16-9-7-15(8-10-16)19(20)21/h3-7,9,15-16H,8,10-14H2,1-2H3. The highest BCUT2D eigenvalue weighted by atomic mass is 16.5. The average molecular weight is 354 g/mol. The molecule has 2 unspecified atom stereocenters. The number of hydrogen-bond donors (Lipinski definition) is 0. The number of fused-ring (bicyclic) bond motifs is 2. The van der Waals surface area contributed by atoms with Gasteiger partial charge in [-0.1, -0.05) is 36.4 Å². The van der Waals surface area contributed by atoms with Crippen LogP contribution in [0.5, 0.6) is 11.5 Å². The van der Waals surface area contributed by atoms with E-state index in [-0.39, 0.29) is 0 Å². The predicted octanol–water partition coefficient (Wildman–Crippen LogP) is 4.42. The van der Waals surface area contributed by atoms with E-state index < -0.39 is 0 Å². The molecular weight excluding hydrogens is 328 g/mol. The molecule has 5 rings (SSSR count). The Bertz CT molecular complexity index is 745. The van der Waals surface area contributed by atoms with Crippen LogP contribution in [0, 0.1) is 0 Å². The summed E-state index contributed by atoms with van der Waals surface area (Å²) in [5, 5.41) is 2.24. The molecule has 0 aromatic heterocycles. The largest absolute Gasteiger partial charge is 0.490 e. The molecule has 0 spiro atoms. The molecular formula is C22H26O4. The lowest BCUT2D eigenvalue weighted by Gasteiger charge is -2.37. The molecule has 0 saturated carbocycles. The van der Waals surface area contributed by atoms with Gasteiger partial charge in [0.25, 0.3) is 0 Å². The number of allylic oxidation sites excluding steroid dienone is 2. The van der Waals surface area contributed by atoms with E-state index in [1.807, 2.05) is 0 Å². The van der Waals surface area contributed by atoms with Gasteiger partial charge in [-0.3, -0.25) is 0 Å². The van der Waals surface area contributed by atoms with Crippen LogP contribution in [0.25, 0.3) is 10.8 Å². The predicted molar refractivity (Wildman–Crippen MR) is 103 cm³/mol. The smallest absolute Gasteiger partial charge is 0.131 e. The Kier molecular flexibility index (Phi) is 5.14. The van der Waals surface area contributed by atoms with Crippen molar-refractivity contribution in [3.05, 3.63) is 47.5 Å². The van der Waals surface area contributed by atoms with Crippen LogP contribution in [0.2, 0.25) is 0 Å². The second-order valence-corrected chi connectivity index (χ2v) is 6.89. The van der Waals surface area contributed by atoms with Crippen molar-refractivity contribution in [2.75, 3.05) is 40.6 Å². The fourth-order valence-corrected chi connectivity index (χ4v) is 4.22. The first kappa shape index (κ1) is 17.4. The highest BCUT2D eigenvalue weighted by Gasteiger charge is 2.36. The van der Waals surface area contributed by atoms with E-state index in [4.69, 9.17) is 18.9 Å². The topological polar surface area (TPSA) is 36.9 Å². The summed E-state index contributed by atoms with van der Waals surface area (Å²) in [7, 11) is 3.41. The summed E-state index contributed by atoms with van der Waals surface area (Å²) in [4.78, 5) is 0. The van der Waals surface area contributed by atoms with Gasteiger partial charge in [-0.25, -0.2) is 0 Å². The lowest BCUT2D eigenvalue weighted by molar-refractivity contribution is 0.144. The van der Waals surface area contributed by atoms with Crippen LogP contribution in [0.15, 0.2) is 36.4 Å². The minimum atomic E-state index is 0.405. The number of rotatable bonds is 8. The molecule has 0 amide bonds. The fourth-order valence-electron chi connectivity index (χ4n) is 4.22. The van der Waals surface area contributed by atoms with Gasteiger partial charge in [0.2, 0.25) is 0 Å². The number of benzene rings is 2. The molecule has 3 aliphatic rings. The first-order chi connectivity index (χ1) is 12.8. The molecule has 0 fully saturated rings. The monoisotopic (exact) mass is 354 g/mol. The van der Waals surface area contributed by atoms with Gasteiger partial charge >= 0.3 is 0 Å². The van der Waals surface area contributed by atoms with Crippen molar-refractivity contribution in [3.8, 4) is 11.5 Å². The third-order valence-corrected chi connectivity index (χ3v) is 5.37. The van der Waals surface area contributed by atoms with E-state index in [9.17, 15) is 0 Å². The van der Waals surface area contributed by atoms with Gasteiger partial charge in [-0.05, 0) is 12.8 Å². The van der Waals surface area contributed by atoms with Crippen LogP contribution in [0.4, 0.5) is 0 Å². The summed E-state index contributed by atoms with van der Waals surface area (Å²) in [6.45, 7) is 2.27. The van der Waals surface area contributed by atoms with Gasteiger partial charge < -0.3 is 18.9 Å². The van der Waals surface area contributed by atoms with Gasteiger partial charge in [0.15, 0.2) is 0 Å². The first-order valence-corrected chi connectivity index (χ1v) is 9.35. The van der Waals surface area contributed by atoms with Crippen molar-refractivity contribution >= 4 is 10.8 Å². The van der Waals surface area contributed by atoms with Crippen molar-refractivity contribution in [2.24, 2.45) is 0 Å². The molecule has 4 nitrogen and oxygen atoms in total. The summed E-state index contributed by atoms with van der Waals surface area (Å²) >= 11 is 0. The minimum Gasteiger partial charge on any atom is -0.490 e. The Morgan fingerprint density at radius 3 is 1.58 bits per heavy atom. The Hall–Kier alpha value is -2.04. The second kappa shape index (κ2) is 7.68. The zero-order valence-corrected chi connectivity index (χ0v) is 15.5. The zero-order valence-electron chi connectivity index (χ0n) is 15.5. The molecule has 2 aromatic rings. The molecule has 2 bridgehead atoms. The van der Waals surface area contributed by atoms with Crippen LogP contribution >= 0.6 is 0 Å². The Labute approximate surface area is 154 Å². The molecule has 0 heterocycles. The summed E-state index contributed by atoms with van der Waals surface area (Å²) in [5.74, 6) is 2.82. The molecule has 0 saturated heterocycles. The third kappa shape index (κ3) is 2.97. The molecule has 2 atom stereocenters. The zero-order chi connectivity index (χ0) is 17.9. The molecule has 0 radical (unpaired) electrons. The van der Waals surface area contributed by atoms with Gasteiger partial charge in [0.05, 0.1) is 13.2 Å². The van der Waals surface area contributed by atoms with Gasteiger partial charge in [-0.15, -0.1) is 0 Å². The summed E-state index contributed by atoms with van der Waals surface area (Å²) in [6, 6.07) is 8.39. The van der Waals surface area contributed by atoms with Crippen molar-refractivity contribution in [2.45, 2.75) is 24.7 Å². The quantitative estimate of drug-likeness (QED) is 0.519. The normalized spacial score (nSPS) is 20.4. The van der Waals surface area contributed by atoms with Crippen LogP contribution in [-0.4, -0.2) is 40.6 Å². The summed E-state index contributed by atoms with van der Waals surface area (Å²) < 4.78 is 22.9. The number of hydrogen-bond acceptors (Lipinski definition) is 4. The Balaban J connectivity index is 1.88. The minimum absolute atomic E-state index is 0.405. The Morgan fingerprint density at radius 1 is 0.731 bits per heavy atom. The van der Waals surface area contributed by atoms with Crippen molar-refractivity contribution in [1.82, 2.24) is 0 Å². The molecule has 26 heavy (non-hydrogen) atoms. The van der Waals surface area contributed by atoms with E-state index in [2.05, 4.69) is 36.4 Å². The SMILES string of the molecule is COCCOc1c2c(c(OCCOC)c3ccccc13)C1C=CC2CC1. The first-order valence-electron chi connectivity index (χ1n) is 9.35. The van der Waals surface area contributed by atoms with Crippen molar-refractivity contribution < 1.29 is 18.9 Å². The molecule has 0 aliphatic heterocycles. The van der Waals surface area contributed by atoms with E-state index >= 15 is 0 Å². The third-order valence-electron chi connectivity index (χ3n) is 5.37. The Morgan fingerprint density at radius 2 is 1.19 bits per heavy atom. The van der Waals surface area contributed by atoms with E-state index in [1.54, 1.807) is 14.2 Å². The van der Waals surface area contributed by atoms with Crippen LogP contribution in [0.3, 0.4) is 0 Å². The van der Waals surface area contributed by atoms with E-state index in [0.29, 0.717) is 38.3 Å². The van der Waals surface area contributed by atoms with Gasteiger partial charge in [0, 0.05) is 48.0 Å². The summed E-state index contributed by atoms with van der Waals surface area (Å²) in [6.07, 6.45) is 7.02. The molecule has 0 N–H and O–H groups in total. The van der Waals surface area contributed by atoms with Crippen LogP contribution in [-0.2, 0) is 9.47 Å². The van der Waals surface area contributed by atoms with Crippen LogP contribution in [0.1, 0.15) is 35.8 Å². The highest BCUT2D eigenvalue weighted by Crippen LogP contribution is 2.55. The molecule has 4 heteroatoms. The number of methoxy groups -OCH3 is 2. The lowest BCUT2D eigenvalue weighted by atomic mass is 9.70. The van der Waals surface area contributed by atoms with Gasteiger partial charge in [0.1, 0.15) is 24.7 Å². The van der Waals surface area contributed by atoms with Crippen molar-refractivity contribution in [1.29, 1.82) is 0 Å². The maximum absolute atomic E-state index is 6.25. The van der Waals surface area contributed by atoms with Crippen molar-refractivity contribution in [3.63, 3.8) is 0 Å². The highest BCUT2D eigenvalue weighted by molar-refractivity contribution is 5.97. The molecule has 3 aliphatic carbocycles. The molecule has 2 aromatic carbocycles. The maximum atomic E-state index is 6.25. The molecule has 138 valence electrons. The van der Waals surface area contributed by atoms with Gasteiger partial charge in [-0.2, -0.15) is 0 Å². The number of ether oxygens (including phenoxy) is 4. The van der Waals surface area contributed by atoms with E-state index in [0.717, 1.165) is 22.3 Å². The lowest BCUT2D eigenvalue weighted by Crippen LogP contribution is -2.21. The van der Waals surface area contributed by atoms with Crippen LogP contribution < -0.4 is 9.47 Å². The van der Waals surface area contributed by atoms with E-state index in [1.165, 1.54) is 24.0 Å². The summed E-state index contributed by atoms with van der Waals surface area (Å²) in [5.41, 5.74) is 2.62. The maximum Gasteiger partial charge on any atom is 0.131 e. The fraction of sp³-hybridized carbons (Fsp3) is 0.455. The average Bonchev–Trinajstić information content (AvgIpc) is 2.70. The second-order valence-electron chi connectivity index (χ2n) is 6.89.